The second kappa shape index (κ2) is 9.00. The predicted molar refractivity (Wildman–Crippen MR) is 105 cm³/mol. The summed E-state index contributed by atoms with van der Waals surface area (Å²) in [6.07, 6.45) is -4.02. The van der Waals surface area contributed by atoms with Gasteiger partial charge in [-0.05, 0) is 36.4 Å². The molecule has 30 heavy (non-hydrogen) atoms. The van der Waals surface area contributed by atoms with E-state index < -0.39 is 24.6 Å². The van der Waals surface area contributed by atoms with Crippen molar-refractivity contribution in [2.75, 3.05) is 17.2 Å². The lowest BCUT2D eigenvalue weighted by Gasteiger charge is -2.12. The minimum Gasteiger partial charge on any atom is -0.410 e. The van der Waals surface area contributed by atoms with Crippen molar-refractivity contribution in [1.82, 2.24) is 4.98 Å². The number of carbonyl (C=O) groups is 1. The largest absolute Gasteiger partial charge is 0.417 e. The average molecular weight is 440 g/mol. The number of amides is 1. The molecule has 0 fully saturated rings. The molecule has 3 aromatic rings. The monoisotopic (exact) mass is 439 g/mol. The maximum atomic E-state index is 14.5. The Bertz CT molecular complexity index is 1030. The molecule has 5 nitrogen and oxygen atoms in total. The van der Waals surface area contributed by atoms with Gasteiger partial charge in [-0.1, -0.05) is 29.8 Å². The molecule has 156 valence electrons. The first kappa shape index (κ1) is 21.4. The van der Waals surface area contributed by atoms with Crippen LogP contribution in [0.1, 0.15) is 0 Å². The van der Waals surface area contributed by atoms with Gasteiger partial charge in [0.2, 0.25) is 0 Å². The number of pyridine rings is 1. The minimum absolute atomic E-state index is 0.00890. The molecule has 0 unspecified atom stereocenters. The Hall–Kier alpha value is -3.33. The molecule has 0 saturated heterocycles. The van der Waals surface area contributed by atoms with Gasteiger partial charge in [0.15, 0.2) is 0 Å². The highest BCUT2D eigenvalue weighted by molar-refractivity contribution is 6.33. The predicted octanol–water partition coefficient (Wildman–Crippen LogP) is 6.13. The Kier molecular flexibility index (Phi) is 6.41. The highest BCUT2D eigenvalue weighted by Gasteiger charge is 2.26. The summed E-state index contributed by atoms with van der Waals surface area (Å²) in [5, 5.41) is 4.50. The number of benzene rings is 2. The van der Waals surface area contributed by atoms with Crippen LogP contribution in [-0.2, 0) is 0 Å². The topological polar surface area (TPSA) is 63.2 Å². The van der Waals surface area contributed by atoms with E-state index in [1.54, 1.807) is 30.3 Å². The summed E-state index contributed by atoms with van der Waals surface area (Å²) in [6.45, 7) is -1.23. The van der Waals surface area contributed by atoms with Gasteiger partial charge < -0.3 is 10.1 Å². The molecule has 0 saturated carbocycles. The van der Waals surface area contributed by atoms with E-state index in [0.717, 1.165) is 6.07 Å². The minimum atomic E-state index is -4.38. The summed E-state index contributed by atoms with van der Waals surface area (Å²) in [6, 6.07) is 13.3. The van der Waals surface area contributed by atoms with Gasteiger partial charge in [0.05, 0.1) is 10.7 Å². The third kappa shape index (κ3) is 5.84. The fraction of sp³-hybridized carbons (Fsp3) is 0.100. The molecular weight excluding hydrogens is 426 g/mol. The van der Waals surface area contributed by atoms with Crippen LogP contribution in [0.5, 0.6) is 5.75 Å². The summed E-state index contributed by atoms with van der Waals surface area (Å²) >= 11 is 6.19. The van der Waals surface area contributed by atoms with E-state index in [0.29, 0.717) is 5.56 Å². The van der Waals surface area contributed by atoms with Crippen molar-refractivity contribution in [2.45, 2.75) is 6.18 Å². The van der Waals surface area contributed by atoms with Gasteiger partial charge >= 0.3 is 12.3 Å². The molecule has 0 bridgehead atoms. The molecule has 2 N–H and O–H groups in total. The van der Waals surface area contributed by atoms with E-state index in [-0.39, 0.29) is 27.8 Å². The van der Waals surface area contributed by atoms with Crippen LogP contribution < -0.4 is 15.4 Å². The second-order valence-corrected chi connectivity index (χ2v) is 6.45. The lowest BCUT2D eigenvalue weighted by molar-refractivity contribution is -0.115. The Balaban J connectivity index is 1.72. The van der Waals surface area contributed by atoms with Crippen LogP contribution in [0, 0.1) is 5.82 Å². The molecule has 0 spiro atoms. The number of anilines is 2. The Labute approximate surface area is 173 Å². The molecule has 0 aliphatic rings. The number of ether oxygens (including phenoxy) is 1. The van der Waals surface area contributed by atoms with Crippen LogP contribution in [0.15, 0.2) is 60.8 Å². The molecule has 0 radical (unpaired) electrons. The standard InChI is InChI=1S/C20H14ClF4N3O2/c21-15-9-17(28-19(29)30-13-4-2-1-3-5-13)16(22)8-14(15)12-6-7-18(26-10-12)27-11-20(23,24)25/h1-10H,11H2,(H,26,27)(H,28,29). The SMILES string of the molecule is O=C(Nc1cc(Cl)c(-c2ccc(NCC(F)(F)F)nc2)cc1F)Oc1ccccc1. The number of alkyl halides is 3. The zero-order valence-electron chi connectivity index (χ0n) is 15.1. The molecule has 2 aromatic carbocycles. The zero-order valence-corrected chi connectivity index (χ0v) is 15.9. The fourth-order valence-corrected chi connectivity index (χ4v) is 2.72. The van der Waals surface area contributed by atoms with Gasteiger partial charge in [0.1, 0.15) is 23.9 Å². The summed E-state index contributed by atoms with van der Waals surface area (Å²) in [4.78, 5) is 15.8. The number of rotatable bonds is 5. The molecule has 10 heteroatoms. The van der Waals surface area contributed by atoms with E-state index >= 15 is 0 Å². The van der Waals surface area contributed by atoms with Crippen LogP contribution in [-0.4, -0.2) is 23.8 Å². The molecule has 0 atom stereocenters. The maximum absolute atomic E-state index is 14.5. The number of hydrogen-bond donors (Lipinski definition) is 2. The molecule has 1 aromatic heterocycles. The number of carbonyl (C=O) groups excluding carboxylic acids is 1. The van der Waals surface area contributed by atoms with E-state index in [1.165, 1.54) is 24.4 Å². The van der Waals surface area contributed by atoms with Gasteiger partial charge in [-0.2, -0.15) is 13.2 Å². The Morgan fingerprint density at radius 2 is 1.83 bits per heavy atom. The van der Waals surface area contributed by atoms with Gasteiger partial charge in [-0.15, -0.1) is 0 Å². The highest BCUT2D eigenvalue weighted by Crippen LogP contribution is 2.32. The smallest absolute Gasteiger partial charge is 0.410 e. The third-order valence-corrected chi connectivity index (χ3v) is 4.10. The fourth-order valence-electron chi connectivity index (χ4n) is 2.44. The first-order valence-electron chi connectivity index (χ1n) is 8.51. The molecule has 1 amide bonds. The molecule has 1 heterocycles. The van der Waals surface area contributed by atoms with Crippen molar-refractivity contribution in [3.05, 3.63) is 71.6 Å². The quantitative estimate of drug-likeness (QED) is 0.470. The lowest BCUT2D eigenvalue weighted by Crippen LogP contribution is -2.21. The first-order chi connectivity index (χ1) is 14.2. The van der Waals surface area contributed by atoms with E-state index in [1.807, 2.05) is 0 Å². The highest BCUT2D eigenvalue weighted by atomic mass is 35.5. The van der Waals surface area contributed by atoms with Crippen molar-refractivity contribution in [2.24, 2.45) is 0 Å². The van der Waals surface area contributed by atoms with Crippen LogP contribution in [0.25, 0.3) is 11.1 Å². The normalized spacial score (nSPS) is 11.1. The van der Waals surface area contributed by atoms with Gasteiger partial charge in [-0.3, -0.25) is 5.32 Å². The number of hydrogen-bond acceptors (Lipinski definition) is 4. The van der Waals surface area contributed by atoms with Crippen LogP contribution in [0.2, 0.25) is 5.02 Å². The van der Waals surface area contributed by atoms with E-state index in [4.69, 9.17) is 16.3 Å². The second-order valence-electron chi connectivity index (χ2n) is 6.04. The molecule has 0 aliphatic carbocycles. The van der Waals surface area contributed by atoms with Crippen molar-refractivity contribution >= 4 is 29.2 Å². The van der Waals surface area contributed by atoms with E-state index in [9.17, 15) is 22.4 Å². The number of nitrogens with zero attached hydrogens (tertiary/aromatic N) is 1. The molecule has 0 aliphatic heterocycles. The Morgan fingerprint density at radius 3 is 2.47 bits per heavy atom. The third-order valence-electron chi connectivity index (χ3n) is 3.79. The molecular formula is C20H14ClF4N3O2. The number of para-hydroxylation sites is 1. The lowest BCUT2D eigenvalue weighted by atomic mass is 10.1. The average Bonchev–Trinajstić information content (AvgIpc) is 2.69. The zero-order chi connectivity index (χ0) is 21.7. The summed E-state index contributed by atoms with van der Waals surface area (Å²) in [7, 11) is 0. The number of aromatic nitrogens is 1. The van der Waals surface area contributed by atoms with Gasteiger partial charge in [0, 0.05) is 17.3 Å². The van der Waals surface area contributed by atoms with Crippen molar-refractivity contribution in [3.63, 3.8) is 0 Å². The Morgan fingerprint density at radius 1 is 1.10 bits per heavy atom. The van der Waals surface area contributed by atoms with Crippen molar-refractivity contribution in [3.8, 4) is 16.9 Å². The number of nitrogens with one attached hydrogen (secondary N) is 2. The van der Waals surface area contributed by atoms with Crippen molar-refractivity contribution < 1.29 is 27.1 Å². The van der Waals surface area contributed by atoms with Crippen LogP contribution in [0.4, 0.5) is 33.9 Å². The van der Waals surface area contributed by atoms with Crippen molar-refractivity contribution in [1.29, 1.82) is 0 Å². The summed E-state index contributed by atoms with van der Waals surface area (Å²) < 4.78 is 56.2. The van der Waals surface area contributed by atoms with Crippen LogP contribution >= 0.6 is 11.6 Å². The van der Waals surface area contributed by atoms with Gasteiger partial charge in [0.25, 0.3) is 0 Å². The first-order valence-corrected chi connectivity index (χ1v) is 8.89. The van der Waals surface area contributed by atoms with E-state index in [2.05, 4.69) is 15.6 Å². The van der Waals surface area contributed by atoms with Gasteiger partial charge in [-0.25, -0.2) is 14.2 Å². The summed E-state index contributed by atoms with van der Waals surface area (Å²) in [5.74, 6) is -0.489. The van der Waals surface area contributed by atoms with Crippen LogP contribution in [0.3, 0.4) is 0 Å². The number of halogens is 5. The summed E-state index contributed by atoms with van der Waals surface area (Å²) in [5.41, 5.74) is 0.446. The maximum Gasteiger partial charge on any atom is 0.417 e. The molecule has 3 rings (SSSR count).